The van der Waals surface area contributed by atoms with E-state index in [0.717, 1.165) is 10.8 Å². The summed E-state index contributed by atoms with van der Waals surface area (Å²) in [6, 6.07) is 6.85. The quantitative estimate of drug-likeness (QED) is 0.864. The number of rotatable bonds is 5. The van der Waals surface area contributed by atoms with Crippen molar-refractivity contribution in [2.45, 2.75) is 6.42 Å². The molecule has 0 atom stereocenters. The fourth-order valence-corrected chi connectivity index (χ4v) is 2.71. The van der Waals surface area contributed by atoms with Crippen LogP contribution in [0.1, 0.15) is 6.42 Å². The van der Waals surface area contributed by atoms with Crippen LogP contribution in [-0.4, -0.2) is 30.2 Å². The SMILES string of the molecule is O=C(O)CCS(=O)(=O)Nc1cccc2cnccc12. The Balaban J connectivity index is 2.28. The van der Waals surface area contributed by atoms with Gasteiger partial charge < -0.3 is 5.11 Å². The van der Waals surface area contributed by atoms with Gasteiger partial charge in [-0.2, -0.15) is 0 Å². The molecule has 0 unspecified atom stereocenters. The maximum absolute atomic E-state index is 11.8. The molecule has 2 rings (SSSR count). The Bertz CT molecular complexity index is 707. The number of benzene rings is 1. The second-order valence-electron chi connectivity index (χ2n) is 3.97. The predicted molar refractivity (Wildman–Crippen MR) is 71.4 cm³/mol. The molecule has 1 aromatic carbocycles. The van der Waals surface area contributed by atoms with Gasteiger partial charge in [-0.25, -0.2) is 8.42 Å². The lowest BCUT2D eigenvalue weighted by molar-refractivity contribution is -0.136. The molecular weight excluding hydrogens is 268 g/mol. The van der Waals surface area contributed by atoms with Gasteiger partial charge in [0.1, 0.15) is 0 Å². The molecule has 0 aliphatic carbocycles. The van der Waals surface area contributed by atoms with E-state index in [2.05, 4.69) is 9.71 Å². The van der Waals surface area contributed by atoms with Crippen LogP contribution < -0.4 is 4.72 Å². The zero-order chi connectivity index (χ0) is 13.9. The molecule has 0 aliphatic rings. The van der Waals surface area contributed by atoms with E-state index >= 15 is 0 Å². The fraction of sp³-hybridized carbons (Fsp3) is 0.167. The summed E-state index contributed by atoms with van der Waals surface area (Å²) >= 11 is 0. The summed E-state index contributed by atoms with van der Waals surface area (Å²) in [4.78, 5) is 14.4. The summed E-state index contributed by atoms with van der Waals surface area (Å²) in [5, 5.41) is 10.0. The number of carbonyl (C=O) groups is 1. The fourth-order valence-electron chi connectivity index (χ4n) is 1.65. The van der Waals surface area contributed by atoms with Crippen LogP contribution in [0.2, 0.25) is 0 Å². The van der Waals surface area contributed by atoms with Crippen molar-refractivity contribution < 1.29 is 18.3 Å². The highest BCUT2D eigenvalue weighted by Gasteiger charge is 2.14. The van der Waals surface area contributed by atoms with Crippen molar-refractivity contribution in [1.82, 2.24) is 4.98 Å². The molecular formula is C12H12N2O4S. The summed E-state index contributed by atoms with van der Waals surface area (Å²) in [7, 11) is -3.67. The molecule has 0 fully saturated rings. The Morgan fingerprint density at radius 3 is 2.84 bits per heavy atom. The molecule has 2 N–H and O–H groups in total. The van der Waals surface area contributed by atoms with Crippen LogP contribution in [-0.2, 0) is 14.8 Å². The van der Waals surface area contributed by atoms with Gasteiger partial charge in [0.05, 0.1) is 17.9 Å². The molecule has 0 spiro atoms. The number of nitrogens with zero attached hydrogens (tertiary/aromatic N) is 1. The number of anilines is 1. The standard InChI is InChI=1S/C12H12N2O4S/c15-12(16)5-7-19(17,18)14-11-3-1-2-9-8-13-6-4-10(9)11/h1-4,6,8,14H,5,7H2,(H,15,16). The average Bonchev–Trinajstić information content (AvgIpc) is 2.37. The summed E-state index contributed by atoms with van der Waals surface area (Å²) in [6.07, 6.45) is 2.77. The van der Waals surface area contributed by atoms with Gasteiger partial charge in [-0.1, -0.05) is 12.1 Å². The summed E-state index contributed by atoms with van der Waals surface area (Å²) in [5.74, 6) is -1.60. The second kappa shape index (κ2) is 5.23. The average molecular weight is 280 g/mol. The molecule has 19 heavy (non-hydrogen) atoms. The topological polar surface area (TPSA) is 96.4 Å². The molecule has 1 heterocycles. The van der Waals surface area contributed by atoms with E-state index < -0.39 is 28.2 Å². The van der Waals surface area contributed by atoms with Gasteiger partial charge in [0.2, 0.25) is 10.0 Å². The first-order valence-corrected chi connectivity index (χ1v) is 7.18. The number of nitrogens with one attached hydrogen (secondary N) is 1. The van der Waals surface area contributed by atoms with Crippen LogP contribution in [0, 0.1) is 0 Å². The van der Waals surface area contributed by atoms with Crippen molar-refractivity contribution in [3.63, 3.8) is 0 Å². The molecule has 6 nitrogen and oxygen atoms in total. The van der Waals surface area contributed by atoms with E-state index in [1.807, 2.05) is 6.07 Å². The monoisotopic (exact) mass is 280 g/mol. The number of sulfonamides is 1. The maximum atomic E-state index is 11.8. The number of hydrogen-bond acceptors (Lipinski definition) is 4. The minimum atomic E-state index is -3.67. The number of aliphatic carboxylic acids is 1. The summed E-state index contributed by atoms with van der Waals surface area (Å²) in [5.41, 5.74) is 0.422. The lowest BCUT2D eigenvalue weighted by Crippen LogP contribution is -2.19. The van der Waals surface area contributed by atoms with E-state index in [4.69, 9.17) is 5.11 Å². The highest BCUT2D eigenvalue weighted by Crippen LogP contribution is 2.23. The van der Waals surface area contributed by atoms with Gasteiger partial charge in [0.15, 0.2) is 0 Å². The molecule has 0 amide bonds. The molecule has 0 saturated heterocycles. The number of fused-ring (bicyclic) bond motifs is 1. The van der Waals surface area contributed by atoms with Gasteiger partial charge in [0.25, 0.3) is 0 Å². The molecule has 1 aromatic heterocycles. The number of pyridine rings is 1. The van der Waals surface area contributed by atoms with Gasteiger partial charge in [-0.05, 0) is 12.1 Å². The maximum Gasteiger partial charge on any atom is 0.304 e. The minimum Gasteiger partial charge on any atom is -0.481 e. The van der Waals surface area contributed by atoms with Crippen molar-refractivity contribution in [2.75, 3.05) is 10.5 Å². The summed E-state index contributed by atoms with van der Waals surface area (Å²) in [6.45, 7) is 0. The molecule has 0 bridgehead atoms. The minimum absolute atomic E-state index is 0.422. The van der Waals surface area contributed by atoms with Crippen molar-refractivity contribution in [2.24, 2.45) is 0 Å². The second-order valence-corrected chi connectivity index (χ2v) is 5.81. The largest absolute Gasteiger partial charge is 0.481 e. The van der Waals surface area contributed by atoms with E-state index in [1.165, 1.54) is 0 Å². The molecule has 0 radical (unpaired) electrons. The van der Waals surface area contributed by atoms with Crippen molar-refractivity contribution >= 4 is 32.5 Å². The first-order chi connectivity index (χ1) is 8.98. The first kappa shape index (κ1) is 13.3. The third-order valence-electron chi connectivity index (χ3n) is 2.53. The van der Waals surface area contributed by atoms with Gasteiger partial charge >= 0.3 is 5.97 Å². The highest BCUT2D eigenvalue weighted by molar-refractivity contribution is 7.92. The number of aromatic nitrogens is 1. The number of hydrogen-bond donors (Lipinski definition) is 2. The number of carboxylic acids is 1. The van der Waals surface area contributed by atoms with Crippen LogP contribution in [0.5, 0.6) is 0 Å². The van der Waals surface area contributed by atoms with Crippen LogP contribution >= 0.6 is 0 Å². The number of carboxylic acid groups (broad SMARTS) is 1. The van der Waals surface area contributed by atoms with Gasteiger partial charge in [0, 0.05) is 23.2 Å². The van der Waals surface area contributed by atoms with Crippen LogP contribution in [0.15, 0.2) is 36.7 Å². The first-order valence-electron chi connectivity index (χ1n) is 5.53. The summed E-state index contributed by atoms with van der Waals surface area (Å²) < 4.78 is 25.9. The zero-order valence-electron chi connectivity index (χ0n) is 9.91. The van der Waals surface area contributed by atoms with E-state index in [9.17, 15) is 13.2 Å². The van der Waals surface area contributed by atoms with Crippen molar-refractivity contribution in [3.05, 3.63) is 36.7 Å². The molecule has 0 saturated carbocycles. The highest BCUT2D eigenvalue weighted by atomic mass is 32.2. The Labute approximate surface area is 110 Å². The Morgan fingerprint density at radius 2 is 2.11 bits per heavy atom. The lowest BCUT2D eigenvalue weighted by Gasteiger charge is -2.09. The molecule has 7 heteroatoms. The van der Waals surface area contributed by atoms with E-state index in [0.29, 0.717) is 5.69 Å². The molecule has 2 aromatic rings. The normalized spacial score (nSPS) is 11.4. The van der Waals surface area contributed by atoms with Crippen molar-refractivity contribution in [1.29, 1.82) is 0 Å². The van der Waals surface area contributed by atoms with Crippen LogP contribution in [0.25, 0.3) is 10.8 Å². The van der Waals surface area contributed by atoms with E-state index in [-0.39, 0.29) is 0 Å². The van der Waals surface area contributed by atoms with E-state index in [1.54, 1.807) is 30.6 Å². The van der Waals surface area contributed by atoms with Crippen LogP contribution in [0.4, 0.5) is 5.69 Å². The predicted octanol–water partition coefficient (Wildman–Crippen LogP) is 1.45. The lowest BCUT2D eigenvalue weighted by atomic mass is 10.1. The third kappa shape index (κ3) is 3.41. The molecule has 0 aliphatic heterocycles. The Morgan fingerprint density at radius 1 is 1.32 bits per heavy atom. The Kier molecular flexibility index (Phi) is 3.66. The van der Waals surface area contributed by atoms with Crippen molar-refractivity contribution in [3.8, 4) is 0 Å². The zero-order valence-corrected chi connectivity index (χ0v) is 10.7. The molecule has 100 valence electrons. The smallest absolute Gasteiger partial charge is 0.304 e. The van der Waals surface area contributed by atoms with Gasteiger partial charge in [-0.3, -0.25) is 14.5 Å². The third-order valence-corrected chi connectivity index (χ3v) is 3.80. The Hall–Kier alpha value is -2.15. The van der Waals surface area contributed by atoms with Crippen LogP contribution in [0.3, 0.4) is 0 Å². The van der Waals surface area contributed by atoms with Gasteiger partial charge in [-0.15, -0.1) is 0 Å².